The van der Waals surface area contributed by atoms with Gasteiger partial charge in [-0.15, -0.1) is 0 Å². The summed E-state index contributed by atoms with van der Waals surface area (Å²) in [5.74, 6) is 1.43. The van der Waals surface area contributed by atoms with E-state index in [1.54, 1.807) is 37.3 Å². The lowest BCUT2D eigenvalue weighted by Crippen LogP contribution is -2.03. The maximum Gasteiger partial charge on any atom is 0.228 e. The molecule has 0 aliphatic heterocycles. The molecule has 94 valence electrons. The minimum absolute atomic E-state index is 0.183. The van der Waals surface area contributed by atoms with Gasteiger partial charge in [-0.25, -0.2) is 0 Å². The molecule has 0 radical (unpaired) electrons. The van der Waals surface area contributed by atoms with Crippen molar-refractivity contribution in [3.63, 3.8) is 0 Å². The number of nitrogen functional groups attached to an aromatic ring is 1. The summed E-state index contributed by atoms with van der Waals surface area (Å²) in [6.45, 7) is 4.21. The monoisotopic (exact) mass is 245 g/mol. The maximum absolute atomic E-state index is 12.1. The van der Waals surface area contributed by atoms with Gasteiger partial charge in [0.25, 0.3) is 0 Å². The molecule has 0 saturated heterocycles. The van der Waals surface area contributed by atoms with E-state index in [0.717, 1.165) is 0 Å². The van der Waals surface area contributed by atoms with Crippen LogP contribution in [0, 0.1) is 6.92 Å². The third-order valence-electron chi connectivity index (χ3n) is 2.54. The van der Waals surface area contributed by atoms with Gasteiger partial charge in [0, 0.05) is 5.56 Å². The standard InChI is InChI=1S/C14H15NO3/c1-3-17-12-7-5-10(8-11(12)15)14(16)13-6-4-9(2)18-13/h4-8H,3,15H2,1-2H3. The van der Waals surface area contributed by atoms with Crippen LogP contribution in [-0.2, 0) is 0 Å². The molecule has 0 unspecified atom stereocenters. The van der Waals surface area contributed by atoms with Crippen LogP contribution in [0.3, 0.4) is 0 Å². The Morgan fingerprint density at radius 1 is 1.33 bits per heavy atom. The van der Waals surface area contributed by atoms with Crippen molar-refractivity contribution < 1.29 is 13.9 Å². The van der Waals surface area contributed by atoms with Crippen LogP contribution in [-0.4, -0.2) is 12.4 Å². The minimum Gasteiger partial charge on any atom is -0.492 e. The lowest BCUT2D eigenvalue weighted by molar-refractivity contribution is 0.101. The van der Waals surface area contributed by atoms with Crippen LogP contribution in [0.1, 0.15) is 28.8 Å². The van der Waals surface area contributed by atoms with E-state index >= 15 is 0 Å². The number of anilines is 1. The van der Waals surface area contributed by atoms with Gasteiger partial charge in [-0.05, 0) is 44.2 Å². The fourth-order valence-electron chi connectivity index (χ4n) is 1.68. The Morgan fingerprint density at radius 3 is 2.67 bits per heavy atom. The largest absolute Gasteiger partial charge is 0.492 e. The molecule has 0 aliphatic rings. The zero-order valence-corrected chi connectivity index (χ0v) is 10.4. The number of aryl methyl sites for hydroxylation is 1. The van der Waals surface area contributed by atoms with Crippen LogP contribution < -0.4 is 10.5 Å². The van der Waals surface area contributed by atoms with Gasteiger partial charge in [0.1, 0.15) is 11.5 Å². The normalized spacial score (nSPS) is 10.3. The van der Waals surface area contributed by atoms with Gasteiger partial charge in [0.15, 0.2) is 5.76 Å². The van der Waals surface area contributed by atoms with Gasteiger partial charge < -0.3 is 14.9 Å². The zero-order valence-electron chi connectivity index (χ0n) is 10.4. The third kappa shape index (κ3) is 2.37. The molecule has 1 heterocycles. The molecule has 2 rings (SSSR count). The fourth-order valence-corrected chi connectivity index (χ4v) is 1.68. The minimum atomic E-state index is -0.183. The average molecular weight is 245 g/mol. The number of rotatable bonds is 4. The van der Waals surface area contributed by atoms with E-state index in [4.69, 9.17) is 14.9 Å². The number of carbonyl (C=O) groups is 1. The van der Waals surface area contributed by atoms with Crippen molar-refractivity contribution >= 4 is 11.5 Å². The second-order valence-electron chi connectivity index (χ2n) is 3.93. The van der Waals surface area contributed by atoms with Crippen LogP contribution in [0.5, 0.6) is 5.75 Å². The molecule has 18 heavy (non-hydrogen) atoms. The smallest absolute Gasteiger partial charge is 0.228 e. The van der Waals surface area contributed by atoms with Gasteiger partial charge in [-0.2, -0.15) is 0 Å². The Kier molecular flexibility index (Phi) is 3.37. The van der Waals surface area contributed by atoms with Crippen molar-refractivity contribution in [1.82, 2.24) is 0 Å². The van der Waals surface area contributed by atoms with Gasteiger partial charge in [0.05, 0.1) is 12.3 Å². The molecule has 0 aliphatic carbocycles. The highest BCUT2D eigenvalue weighted by Gasteiger charge is 2.14. The molecule has 0 atom stereocenters. The molecule has 1 aromatic heterocycles. The summed E-state index contributed by atoms with van der Waals surface area (Å²) in [4.78, 5) is 12.1. The second-order valence-corrected chi connectivity index (χ2v) is 3.93. The van der Waals surface area contributed by atoms with Crippen LogP contribution in [0.2, 0.25) is 0 Å². The van der Waals surface area contributed by atoms with E-state index in [1.807, 2.05) is 6.92 Å². The fraction of sp³-hybridized carbons (Fsp3) is 0.214. The van der Waals surface area contributed by atoms with E-state index in [1.165, 1.54) is 0 Å². The summed E-state index contributed by atoms with van der Waals surface area (Å²) in [5.41, 5.74) is 6.76. The molecule has 4 heteroatoms. The first-order valence-corrected chi connectivity index (χ1v) is 5.75. The van der Waals surface area contributed by atoms with Crippen LogP contribution in [0.15, 0.2) is 34.7 Å². The van der Waals surface area contributed by atoms with E-state index in [9.17, 15) is 4.79 Å². The highest BCUT2D eigenvalue weighted by Crippen LogP contribution is 2.24. The molecule has 2 N–H and O–H groups in total. The molecule has 0 amide bonds. The van der Waals surface area contributed by atoms with Crippen molar-refractivity contribution in [2.24, 2.45) is 0 Å². The summed E-state index contributed by atoms with van der Waals surface area (Å²) in [6, 6.07) is 8.39. The lowest BCUT2D eigenvalue weighted by atomic mass is 10.1. The summed E-state index contributed by atoms with van der Waals surface area (Å²) in [5, 5.41) is 0. The molecular formula is C14H15NO3. The van der Waals surface area contributed by atoms with Gasteiger partial charge in [-0.1, -0.05) is 0 Å². The predicted molar refractivity (Wildman–Crippen MR) is 68.9 cm³/mol. The molecule has 0 fully saturated rings. The van der Waals surface area contributed by atoms with Crippen LogP contribution in [0.4, 0.5) is 5.69 Å². The number of hydrogen-bond acceptors (Lipinski definition) is 4. The Labute approximate surface area is 105 Å². The summed E-state index contributed by atoms with van der Waals surface area (Å²) in [6.07, 6.45) is 0. The van der Waals surface area contributed by atoms with E-state index in [2.05, 4.69) is 0 Å². The summed E-state index contributed by atoms with van der Waals surface area (Å²) in [7, 11) is 0. The summed E-state index contributed by atoms with van der Waals surface area (Å²) < 4.78 is 10.6. The number of ether oxygens (including phenoxy) is 1. The number of hydrogen-bond donors (Lipinski definition) is 1. The number of ketones is 1. The topological polar surface area (TPSA) is 65.5 Å². The quantitative estimate of drug-likeness (QED) is 0.664. The first kappa shape index (κ1) is 12.2. The van der Waals surface area contributed by atoms with Crippen molar-refractivity contribution in [1.29, 1.82) is 0 Å². The first-order valence-electron chi connectivity index (χ1n) is 5.75. The average Bonchev–Trinajstić information content (AvgIpc) is 2.78. The van der Waals surface area contributed by atoms with Crippen molar-refractivity contribution in [3.8, 4) is 5.75 Å². The van der Waals surface area contributed by atoms with Gasteiger partial charge in [-0.3, -0.25) is 4.79 Å². The molecule has 0 bridgehead atoms. The van der Waals surface area contributed by atoms with E-state index in [0.29, 0.717) is 35.1 Å². The first-order chi connectivity index (χ1) is 8.61. The summed E-state index contributed by atoms with van der Waals surface area (Å²) >= 11 is 0. The number of benzene rings is 1. The van der Waals surface area contributed by atoms with E-state index in [-0.39, 0.29) is 5.78 Å². The Balaban J connectivity index is 2.29. The molecule has 0 spiro atoms. The Morgan fingerprint density at radius 2 is 2.11 bits per heavy atom. The molecule has 2 aromatic rings. The van der Waals surface area contributed by atoms with Crippen LogP contribution in [0.25, 0.3) is 0 Å². The van der Waals surface area contributed by atoms with Crippen LogP contribution >= 0.6 is 0 Å². The Bertz CT molecular complexity index is 572. The number of nitrogens with two attached hydrogens (primary N) is 1. The van der Waals surface area contributed by atoms with Gasteiger partial charge in [0.2, 0.25) is 5.78 Å². The van der Waals surface area contributed by atoms with Crippen molar-refractivity contribution in [2.45, 2.75) is 13.8 Å². The lowest BCUT2D eigenvalue weighted by Gasteiger charge is -2.07. The molecular weight excluding hydrogens is 230 g/mol. The maximum atomic E-state index is 12.1. The third-order valence-corrected chi connectivity index (χ3v) is 2.54. The highest BCUT2D eigenvalue weighted by molar-refractivity contribution is 6.07. The van der Waals surface area contributed by atoms with E-state index < -0.39 is 0 Å². The van der Waals surface area contributed by atoms with Crippen molar-refractivity contribution in [3.05, 3.63) is 47.4 Å². The van der Waals surface area contributed by atoms with Crippen molar-refractivity contribution in [2.75, 3.05) is 12.3 Å². The number of carbonyl (C=O) groups excluding carboxylic acids is 1. The predicted octanol–water partition coefficient (Wildman–Crippen LogP) is 2.80. The molecule has 4 nitrogen and oxygen atoms in total. The Hall–Kier alpha value is -2.23. The SMILES string of the molecule is CCOc1ccc(C(=O)c2ccc(C)o2)cc1N. The second kappa shape index (κ2) is 4.96. The number of furan rings is 1. The zero-order chi connectivity index (χ0) is 13.1. The molecule has 1 aromatic carbocycles. The molecule has 0 saturated carbocycles. The highest BCUT2D eigenvalue weighted by atomic mass is 16.5. The van der Waals surface area contributed by atoms with Gasteiger partial charge >= 0.3 is 0 Å².